The van der Waals surface area contributed by atoms with Crippen LogP contribution < -0.4 is 5.73 Å². The lowest BCUT2D eigenvalue weighted by Gasteiger charge is -2.09. The van der Waals surface area contributed by atoms with Crippen molar-refractivity contribution in [3.63, 3.8) is 0 Å². The van der Waals surface area contributed by atoms with Crippen LogP contribution in [0.5, 0.6) is 0 Å². The predicted molar refractivity (Wildman–Crippen MR) is 79.6 cm³/mol. The van der Waals surface area contributed by atoms with Crippen LogP contribution in [0, 0.1) is 0 Å². The molecule has 1 aromatic carbocycles. The lowest BCUT2D eigenvalue weighted by Crippen LogP contribution is -2.10. The molecular formula is C15H15N5O. The maximum Gasteiger partial charge on any atom is 0.248 e. The van der Waals surface area contributed by atoms with Crippen molar-refractivity contribution in [2.45, 2.75) is 19.8 Å². The fraction of sp³-hybridized carbons (Fsp3) is 0.200. The van der Waals surface area contributed by atoms with Crippen LogP contribution in [0.15, 0.2) is 30.5 Å². The average Bonchev–Trinajstić information content (AvgIpc) is 3.00. The largest absolute Gasteiger partial charge is 0.366 e. The molecule has 3 rings (SSSR count). The van der Waals surface area contributed by atoms with Crippen molar-refractivity contribution in [2.75, 3.05) is 0 Å². The molecule has 106 valence electrons. The molecule has 3 N–H and O–H groups in total. The van der Waals surface area contributed by atoms with Crippen LogP contribution in [0.4, 0.5) is 0 Å². The summed E-state index contributed by atoms with van der Waals surface area (Å²) >= 11 is 0. The summed E-state index contributed by atoms with van der Waals surface area (Å²) in [6.07, 6.45) is 3.49. The van der Waals surface area contributed by atoms with Crippen LogP contribution in [0.25, 0.3) is 22.2 Å². The zero-order valence-electron chi connectivity index (χ0n) is 11.6. The zero-order chi connectivity index (χ0) is 14.8. The number of amides is 1. The number of nitrogens with zero attached hydrogens (tertiary/aromatic N) is 3. The van der Waals surface area contributed by atoms with E-state index in [1.54, 1.807) is 18.3 Å². The average molecular weight is 281 g/mol. The van der Waals surface area contributed by atoms with Gasteiger partial charge in [0.2, 0.25) is 5.91 Å². The van der Waals surface area contributed by atoms with Gasteiger partial charge in [0.05, 0.1) is 23.1 Å². The first kappa shape index (κ1) is 13.2. The Kier molecular flexibility index (Phi) is 3.35. The Hall–Kier alpha value is -2.76. The number of nitrogens with one attached hydrogen (secondary N) is 1. The third-order valence-corrected chi connectivity index (χ3v) is 3.37. The highest BCUT2D eigenvalue weighted by Crippen LogP contribution is 2.26. The van der Waals surface area contributed by atoms with E-state index < -0.39 is 5.91 Å². The van der Waals surface area contributed by atoms with Crippen molar-refractivity contribution < 1.29 is 4.79 Å². The van der Waals surface area contributed by atoms with Gasteiger partial charge in [-0.3, -0.25) is 14.9 Å². The van der Waals surface area contributed by atoms with Gasteiger partial charge in [0.1, 0.15) is 0 Å². The molecular weight excluding hydrogens is 266 g/mol. The highest BCUT2D eigenvalue weighted by atomic mass is 16.1. The molecule has 0 atom stereocenters. The van der Waals surface area contributed by atoms with Crippen molar-refractivity contribution in [3.05, 3.63) is 41.7 Å². The fourth-order valence-electron chi connectivity index (χ4n) is 2.35. The first-order valence-corrected chi connectivity index (χ1v) is 6.79. The van der Waals surface area contributed by atoms with E-state index in [-0.39, 0.29) is 0 Å². The molecule has 0 saturated heterocycles. The van der Waals surface area contributed by atoms with Gasteiger partial charge in [-0.2, -0.15) is 0 Å². The highest BCUT2D eigenvalue weighted by Gasteiger charge is 2.11. The van der Waals surface area contributed by atoms with E-state index >= 15 is 0 Å². The smallest absolute Gasteiger partial charge is 0.248 e. The molecule has 2 heterocycles. The van der Waals surface area contributed by atoms with Gasteiger partial charge in [0.15, 0.2) is 0 Å². The number of benzene rings is 1. The maximum absolute atomic E-state index is 11.3. The van der Waals surface area contributed by atoms with Crippen molar-refractivity contribution >= 4 is 16.8 Å². The molecule has 0 saturated carbocycles. The second kappa shape index (κ2) is 5.32. The monoisotopic (exact) mass is 281 g/mol. The standard InChI is InChI=1S/C15H15N5O/c1-2-3-12-11(14-8-17-20-19-14)6-9-4-5-10(15(16)21)7-13(9)18-12/h4-8H,2-3H2,1H3,(H2,16,21)(H,17,19,20). The van der Waals surface area contributed by atoms with Crippen LogP contribution in [0.2, 0.25) is 0 Å². The number of aryl methyl sites for hydroxylation is 1. The summed E-state index contributed by atoms with van der Waals surface area (Å²) in [5.74, 6) is -0.447. The topological polar surface area (TPSA) is 97.6 Å². The van der Waals surface area contributed by atoms with Gasteiger partial charge in [-0.1, -0.05) is 24.6 Å². The molecule has 0 aliphatic heterocycles. The van der Waals surface area contributed by atoms with E-state index in [4.69, 9.17) is 5.73 Å². The van der Waals surface area contributed by atoms with Crippen molar-refractivity contribution in [1.82, 2.24) is 20.4 Å². The molecule has 3 aromatic rings. The molecule has 2 aromatic heterocycles. The number of nitrogens with two attached hydrogens (primary N) is 1. The predicted octanol–water partition coefficient (Wildman–Crippen LogP) is 2.07. The Morgan fingerprint density at radius 1 is 1.33 bits per heavy atom. The number of rotatable bonds is 4. The molecule has 0 radical (unpaired) electrons. The summed E-state index contributed by atoms with van der Waals surface area (Å²) in [6.45, 7) is 2.10. The van der Waals surface area contributed by atoms with Crippen LogP contribution in [0.1, 0.15) is 29.4 Å². The van der Waals surface area contributed by atoms with E-state index in [0.717, 1.165) is 40.7 Å². The number of carbonyl (C=O) groups excluding carboxylic acids is 1. The Morgan fingerprint density at radius 3 is 2.86 bits per heavy atom. The Labute approximate surface area is 121 Å². The fourth-order valence-corrected chi connectivity index (χ4v) is 2.35. The Morgan fingerprint density at radius 2 is 2.19 bits per heavy atom. The molecule has 1 amide bonds. The zero-order valence-corrected chi connectivity index (χ0v) is 11.6. The Balaban J connectivity index is 2.21. The highest BCUT2D eigenvalue weighted by molar-refractivity contribution is 5.97. The normalized spacial score (nSPS) is 10.9. The van der Waals surface area contributed by atoms with Gasteiger partial charge in [0.25, 0.3) is 0 Å². The lowest BCUT2D eigenvalue weighted by atomic mass is 10.0. The van der Waals surface area contributed by atoms with Gasteiger partial charge in [-0.25, -0.2) is 0 Å². The summed E-state index contributed by atoms with van der Waals surface area (Å²) < 4.78 is 0. The van der Waals surface area contributed by atoms with Gasteiger partial charge in [-0.05, 0) is 24.6 Å². The number of aromatic nitrogens is 4. The van der Waals surface area contributed by atoms with Crippen molar-refractivity contribution in [2.24, 2.45) is 5.73 Å². The second-order valence-corrected chi connectivity index (χ2v) is 4.87. The molecule has 6 heteroatoms. The van der Waals surface area contributed by atoms with Crippen molar-refractivity contribution in [1.29, 1.82) is 0 Å². The van der Waals surface area contributed by atoms with E-state index in [0.29, 0.717) is 5.56 Å². The molecule has 6 nitrogen and oxygen atoms in total. The number of carbonyl (C=O) groups is 1. The lowest BCUT2D eigenvalue weighted by molar-refractivity contribution is 0.100. The molecule has 0 aliphatic rings. The molecule has 0 bridgehead atoms. The number of primary amides is 1. The van der Waals surface area contributed by atoms with Crippen LogP contribution in [-0.2, 0) is 6.42 Å². The van der Waals surface area contributed by atoms with Gasteiger partial charge in [-0.15, -0.1) is 5.10 Å². The number of hydrogen-bond donors (Lipinski definition) is 2. The SMILES string of the molecule is CCCc1nc2cc(C(N)=O)ccc2cc1-c1cnn[nH]1. The van der Waals surface area contributed by atoms with Crippen LogP contribution >= 0.6 is 0 Å². The number of H-pyrrole nitrogens is 1. The quantitative estimate of drug-likeness (QED) is 0.764. The summed E-state index contributed by atoms with van der Waals surface area (Å²) in [4.78, 5) is 16.0. The number of fused-ring (bicyclic) bond motifs is 1. The van der Waals surface area contributed by atoms with E-state index in [9.17, 15) is 4.79 Å². The van der Waals surface area contributed by atoms with Gasteiger partial charge < -0.3 is 5.73 Å². The summed E-state index contributed by atoms with van der Waals surface area (Å²) in [5.41, 5.74) is 9.34. The minimum atomic E-state index is -0.447. The molecule has 21 heavy (non-hydrogen) atoms. The summed E-state index contributed by atoms with van der Waals surface area (Å²) in [6, 6.07) is 7.32. The van der Waals surface area contributed by atoms with Crippen LogP contribution in [0.3, 0.4) is 0 Å². The molecule has 0 aliphatic carbocycles. The molecule has 0 fully saturated rings. The van der Waals surface area contributed by atoms with Crippen molar-refractivity contribution in [3.8, 4) is 11.3 Å². The maximum atomic E-state index is 11.3. The van der Waals surface area contributed by atoms with E-state index in [1.807, 2.05) is 12.1 Å². The number of pyridine rings is 1. The van der Waals surface area contributed by atoms with E-state index in [1.165, 1.54) is 0 Å². The summed E-state index contributed by atoms with van der Waals surface area (Å²) in [7, 11) is 0. The molecule has 0 spiro atoms. The summed E-state index contributed by atoms with van der Waals surface area (Å²) in [5, 5.41) is 11.4. The number of hydrogen-bond acceptors (Lipinski definition) is 4. The number of aromatic amines is 1. The van der Waals surface area contributed by atoms with E-state index in [2.05, 4.69) is 27.3 Å². The minimum Gasteiger partial charge on any atom is -0.366 e. The first-order valence-electron chi connectivity index (χ1n) is 6.79. The molecule has 0 unspecified atom stereocenters. The van der Waals surface area contributed by atoms with Gasteiger partial charge in [0, 0.05) is 16.5 Å². The second-order valence-electron chi connectivity index (χ2n) is 4.87. The first-order chi connectivity index (χ1) is 10.2. The van der Waals surface area contributed by atoms with Gasteiger partial charge >= 0.3 is 0 Å². The minimum absolute atomic E-state index is 0.447. The third-order valence-electron chi connectivity index (χ3n) is 3.37. The van der Waals surface area contributed by atoms with Crippen LogP contribution in [-0.4, -0.2) is 26.3 Å². The Bertz CT molecular complexity index is 795. The third kappa shape index (κ3) is 2.47.